The first kappa shape index (κ1) is 14.7. The van der Waals surface area contributed by atoms with Gasteiger partial charge in [-0.15, -0.1) is 0 Å². The number of carbonyl (C=O) groups excluding carboxylic acids is 1. The van der Waals surface area contributed by atoms with Crippen molar-refractivity contribution in [2.75, 3.05) is 0 Å². The van der Waals surface area contributed by atoms with Crippen LogP contribution >= 0.6 is 0 Å². The van der Waals surface area contributed by atoms with Gasteiger partial charge in [0.1, 0.15) is 12.4 Å². The zero-order valence-corrected chi connectivity index (χ0v) is 11.0. The molecular formula is C15H14O6. The van der Waals surface area contributed by atoms with Crippen molar-refractivity contribution in [1.29, 1.82) is 0 Å². The molecule has 0 saturated carbocycles. The van der Waals surface area contributed by atoms with Crippen LogP contribution in [0.25, 0.3) is 0 Å². The van der Waals surface area contributed by atoms with Gasteiger partial charge in [-0.05, 0) is 24.3 Å². The van der Waals surface area contributed by atoms with Crippen LogP contribution in [0.15, 0.2) is 36.4 Å². The van der Waals surface area contributed by atoms with Crippen molar-refractivity contribution < 1.29 is 30.0 Å². The Morgan fingerprint density at radius 1 is 1.00 bits per heavy atom. The van der Waals surface area contributed by atoms with Crippen LogP contribution in [0, 0.1) is 0 Å². The predicted molar refractivity (Wildman–Crippen MR) is 72.9 cm³/mol. The fraction of sp³-hybridized carbons (Fsp3) is 0.133. The van der Waals surface area contributed by atoms with Crippen LogP contribution in [0.1, 0.15) is 21.5 Å². The van der Waals surface area contributed by atoms with Crippen LogP contribution in [0.3, 0.4) is 0 Å². The summed E-state index contributed by atoms with van der Waals surface area (Å²) in [6, 6.07) is 8.31. The lowest BCUT2D eigenvalue weighted by Gasteiger charge is -2.09. The Kier molecular flexibility index (Phi) is 4.30. The van der Waals surface area contributed by atoms with E-state index in [9.17, 15) is 20.1 Å². The molecule has 2 rings (SSSR count). The summed E-state index contributed by atoms with van der Waals surface area (Å²) in [7, 11) is 0. The number of aliphatic hydroxyl groups is 1. The molecule has 6 nitrogen and oxygen atoms in total. The second kappa shape index (κ2) is 6.15. The van der Waals surface area contributed by atoms with E-state index in [0.717, 1.165) is 0 Å². The van der Waals surface area contributed by atoms with E-state index in [2.05, 4.69) is 0 Å². The first-order valence-electron chi connectivity index (χ1n) is 6.12. The summed E-state index contributed by atoms with van der Waals surface area (Å²) < 4.78 is 5.02. The van der Waals surface area contributed by atoms with Gasteiger partial charge in [-0.2, -0.15) is 0 Å². The minimum atomic E-state index is -0.674. The van der Waals surface area contributed by atoms with Crippen molar-refractivity contribution in [3.63, 3.8) is 0 Å². The molecule has 2 aromatic carbocycles. The van der Waals surface area contributed by atoms with Crippen molar-refractivity contribution in [3.05, 3.63) is 53.1 Å². The third-order valence-corrected chi connectivity index (χ3v) is 2.94. The SMILES string of the molecule is O=C(OCc1cccc(O)c1O)c1ccc(O)c(CO)c1. The molecule has 110 valence electrons. The molecule has 0 aromatic heterocycles. The summed E-state index contributed by atoms with van der Waals surface area (Å²) in [6.07, 6.45) is 0. The summed E-state index contributed by atoms with van der Waals surface area (Å²) in [5.41, 5.74) is 0.644. The Bertz CT molecular complexity index is 665. The molecule has 0 aliphatic heterocycles. The number of aromatic hydroxyl groups is 3. The maximum absolute atomic E-state index is 11.9. The highest BCUT2D eigenvalue weighted by Crippen LogP contribution is 2.29. The van der Waals surface area contributed by atoms with Gasteiger partial charge in [-0.3, -0.25) is 0 Å². The smallest absolute Gasteiger partial charge is 0.338 e. The van der Waals surface area contributed by atoms with Gasteiger partial charge in [-0.25, -0.2) is 4.79 Å². The number of hydrogen-bond donors (Lipinski definition) is 4. The minimum Gasteiger partial charge on any atom is -0.508 e. The monoisotopic (exact) mass is 290 g/mol. The maximum atomic E-state index is 11.9. The van der Waals surface area contributed by atoms with E-state index in [-0.39, 0.29) is 40.5 Å². The molecule has 0 aliphatic rings. The number of esters is 1. The highest BCUT2D eigenvalue weighted by molar-refractivity contribution is 5.89. The number of rotatable bonds is 4. The largest absolute Gasteiger partial charge is 0.508 e. The number of para-hydroxylation sites is 1. The lowest BCUT2D eigenvalue weighted by molar-refractivity contribution is 0.0469. The Hall–Kier alpha value is -2.73. The molecule has 0 aliphatic carbocycles. The van der Waals surface area contributed by atoms with Crippen molar-refractivity contribution >= 4 is 5.97 Å². The fourth-order valence-electron chi connectivity index (χ4n) is 1.76. The quantitative estimate of drug-likeness (QED) is 0.504. The van der Waals surface area contributed by atoms with Gasteiger partial charge < -0.3 is 25.2 Å². The van der Waals surface area contributed by atoms with Gasteiger partial charge in [0.2, 0.25) is 0 Å². The zero-order valence-electron chi connectivity index (χ0n) is 11.0. The fourth-order valence-corrected chi connectivity index (χ4v) is 1.76. The van der Waals surface area contributed by atoms with Crippen LogP contribution in [0.2, 0.25) is 0 Å². The zero-order chi connectivity index (χ0) is 15.4. The number of benzene rings is 2. The lowest BCUT2D eigenvalue weighted by Crippen LogP contribution is -2.06. The van der Waals surface area contributed by atoms with Crippen LogP contribution in [0.4, 0.5) is 0 Å². The molecule has 2 aromatic rings. The van der Waals surface area contributed by atoms with Gasteiger partial charge >= 0.3 is 5.97 Å². The van der Waals surface area contributed by atoms with E-state index in [1.165, 1.54) is 36.4 Å². The molecule has 0 saturated heterocycles. The Balaban J connectivity index is 2.10. The van der Waals surface area contributed by atoms with E-state index in [4.69, 9.17) is 9.84 Å². The van der Waals surface area contributed by atoms with E-state index in [0.29, 0.717) is 0 Å². The van der Waals surface area contributed by atoms with E-state index in [1.807, 2.05) is 0 Å². The van der Waals surface area contributed by atoms with Gasteiger partial charge in [0.15, 0.2) is 11.5 Å². The number of hydrogen-bond acceptors (Lipinski definition) is 6. The molecule has 0 fully saturated rings. The van der Waals surface area contributed by atoms with Crippen molar-refractivity contribution in [3.8, 4) is 17.2 Å². The van der Waals surface area contributed by atoms with Gasteiger partial charge in [-0.1, -0.05) is 12.1 Å². The number of ether oxygens (including phenoxy) is 1. The minimum absolute atomic E-state index is 0.111. The van der Waals surface area contributed by atoms with E-state index < -0.39 is 12.6 Å². The van der Waals surface area contributed by atoms with Crippen LogP contribution < -0.4 is 0 Å². The predicted octanol–water partition coefficient (Wildman–Crippen LogP) is 1.65. The van der Waals surface area contributed by atoms with Gasteiger partial charge in [0.25, 0.3) is 0 Å². The molecule has 0 atom stereocenters. The molecule has 21 heavy (non-hydrogen) atoms. The topological polar surface area (TPSA) is 107 Å². The summed E-state index contributed by atoms with van der Waals surface area (Å²) in [5.74, 6) is -1.42. The van der Waals surface area contributed by atoms with E-state index >= 15 is 0 Å². The first-order valence-corrected chi connectivity index (χ1v) is 6.12. The summed E-state index contributed by atoms with van der Waals surface area (Å²) in [4.78, 5) is 11.9. The third kappa shape index (κ3) is 3.24. The van der Waals surface area contributed by atoms with Crippen molar-refractivity contribution in [2.24, 2.45) is 0 Å². The molecule has 4 N–H and O–H groups in total. The standard InChI is InChI=1S/C15H14O6/c16-7-11-6-9(4-5-12(11)17)15(20)21-8-10-2-1-3-13(18)14(10)19/h1-6,16-19H,7-8H2. The van der Waals surface area contributed by atoms with Crippen LogP contribution in [-0.4, -0.2) is 26.4 Å². The molecule has 6 heteroatoms. The maximum Gasteiger partial charge on any atom is 0.338 e. The Labute approximate surface area is 120 Å². The normalized spacial score (nSPS) is 10.3. The van der Waals surface area contributed by atoms with E-state index in [1.54, 1.807) is 0 Å². The number of phenols is 3. The third-order valence-electron chi connectivity index (χ3n) is 2.94. The molecule has 0 spiro atoms. The number of aliphatic hydroxyl groups excluding tert-OH is 1. The number of phenolic OH excluding ortho intramolecular Hbond substituents is 2. The summed E-state index contributed by atoms with van der Waals surface area (Å²) in [5, 5.41) is 37.4. The molecular weight excluding hydrogens is 276 g/mol. The second-order valence-corrected chi connectivity index (χ2v) is 4.36. The number of carbonyl (C=O) groups is 1. The second-order valence-electron chi connectivity index (χ2n) is 4.36. The van der Waals surface area contributed by atoms with Gasteiger partial charge in [0.05, 0.1) is 12.2 Å². The van der Waals surface area contributed by atoms with Crippen molar-refractivity contribution in [2.45, 2.75) is 13.2 Å². The Morgan fingerprint density at radius 3 is 2.48 bits per heavy atom. The molecule has 0 radical (unpaired) electrons. The van der Waals surface area contributed by atoms with Gasteiger partial charge in [0, 0.05) is 11.1 Å². The average molecular weight is 290 g/mol. The van der Waals surface area contributed by atoms with Crippen LogP contribution in [-0.2, 0) is 18.0 Å². The Morgan fingerprint density at radius 2 is 1.76 bits per heavy atom. The van der Waals surface area contributed by atoms with Crippen LogP contribution in [0.5, 0.6) is 17.2 Å². The van der Waals surface area contributed by atoms with Crippen molar-refractivity contribution in [1.82, 2.24) is 0 Å². The summed E-state index contributed by atoms with van der Waals surface area (Å²) in [6.45, 7) is -0.616. The molecule has 0 heterocycles. The molecule has 0 unspecified atom stereocenters. The first-order chi connectivity index (χ1) is 10.0. The highest BCUT2D eigenvalue weighted by atomic mass is 16.5. The molecule has 0 bridgehead atoms. The average Bonchev–Trinajstić information content (AvgIpc) is 2.49. The lowest BCUT2D eigenvalue weighted by atomic mass is 10.1. The summed E-state index contributed by atoms with van der Waals surface area (Å²) >= 11 is 0. The highest BCUT2D eigenvalue weighted by Gasteiger charge is 2.12. The molecule has 0 amide bonds.